The van der Waals surface area contributed by atoms with Crippen LogP contribution in [0.25, 0.3) is 0 Å². The SMILES string of the molecule is Cc1[nH]c2c(c1C(=O)N1CC3C4CCC(C4)C3C1)C(=O)CCC2. The van der Waals surface area contributed by atoms with Crippen molar-refractivity contribution in [3.05, 3.63) is 22.5 Å². The zero-order valence-electron chi connectivity index (χ0n) is 13.7. The molecule has 3 aliphatic carbocycles. The average Bonchev–Trinajstić information content (AvgIpc) is 3.26. The maximum Gasteiger partial charge on any atom is 0.256 e. The van der Waals surface area contributed by atoms with E-state index in [1.807, 2.05) is 6.92 Å². The fourth-order valence-electron chi connectivity index (χ4n) is 6.01. The van der Waals surface area contributed by atoms with Gasteiger partial charge in [-0.25, -0.2) is 0 Å². The van der Waals surface area contributed by atoms with Crippen molar-refractivity contribution in [1.29, 1.82) is 0 Å². The van der Waals surface area contributed by atoms with Crippen LogP contribution in [0.1, 0.15) is 64.2 Å². The Morgan fingerprint density at radius 1 is 1.13 bits per heavy atom. The van der Waals surface area contributed by atoms with Crippen molar-refractivity contribution in [1.82, 2.24) is 9.88 Å². The first-order valence-corrected chi connectivity index (χ1v) is 9.17. The highest BCUT2D eigenvalue weighted by atomic mass is 16.2. The molecule has 2 saturated carbocycles. The molecule has 3 fully saturated rings. The molecule has 0 aromatic carbocycles. The summed E-state index contributed by atoms with van der Waals surface area (Å²) >= 11 is 0. The lowest BCUT2D eigenvalue weighted by Gasteiger charge is -2.22. The number of aromatic nitrogens is 1. The molecule has 1 aromatic heterocycles. The van der Waals surface area contributed by atoms with Gasteiger partial charge in [0.05, 0.1) is 11.1 Å². The number of amides is 1. The zero-order chi connectivity index (χ0) is 15.7. The Bertz CT molecular complexity index is 686. The van der Waals surface area contributed by atoms with Gasteiger partial charge >= 0.3 is 0 Å². The van der Waals surface area contributed by atoms with Crippen molar-refractivity contribution < 1.29 is 9.59 Å². The van der Waals surface area contributed by atoms with Crippen LogP contribution in [-0.4, -0.2) is 34.7 Å². The number of carbonyl (C=O) groups excluding carboxylic acids is 2. The van der Waals surface area contributed by atoms with E-state index in [0.717, 1.165) is 61.0 Å². The summed E-state index contributed by atoms with van der Waals surface area (Å²) in [6.45, 7) is 3.77. The standard InChI is InChI=1S/C19H24N2O2/c1-10-17(18-15(20-10)3-2-4-16(18)22)19(23)21-8-13-11-5-6-12(7-11)14(13)9-21/h11-14,20H,2-9H2,1H3. The minimum atomic E-state index is 0.101. The number of H-pyrrole nitrogens is 1. The lowest BCUT2D eigenvalue weighted by Crippen LogP contribution is -2.32. The van der Waals surface area contributed by atoms with E-state index in [2.05, 4.69) is 9.88 Å². The number of hydrogen-bond acceptors (Lipinski definition) is 2. The van der Waals surface area contributed by atoms with Crippen LogP contribution in [0.15, 0.2) is 0 Å². The van der Waals surface area contributed by atoms with Gasteiger partial charge in [0.15, 0.2) is 5.78 Å². The molecular weight excluding hydrogens is 288 g/mol. The summed E-state index contributed by atoms with van der Waals surface area (Å²) in [7, 11) is 0. The third kappa shape index (κ3) is 1.84. The second-order valence-electron chi connectivity index (χ2n) is 8.13. The quantitative estimate of drug-likeness (QED) is 0.867. The second kappa shape index (κ2) is 4.71. The number of nitrogens with one attached hydrogen (secondary N) is 1. The molecule has 0 spiro atoms. The molecule has 1 N–H and O–H groups in total. The highest BCUT2D eigenvalue weighted by Gasteiger charge is 2.52. The van der Waals surface area contributed by atoms with E-state index in [9.17, 15) is 9.59 Å². The fraction of sp³-hybridized carbons (Fsp3) is 0.684. The highest BCUT2D eigenvalue weighted by Crippen LogP contribution is 2.55. The summed E-state index contributed by atoms with van der Waals surface area (Å²) in [5.74, 6) is 3.41. The van der Waals surface area contributed by atoms with Crippen LogP contribution >= 0.6 is 0 Å². The number of Topliss-reactive ketones (excluding diaryl/α,β-unsaturated/α-hetero) is 1. The van der Waals surface area contributed by atoms with Crippen LogP contribution in [-0.2, 0) is 6.42 Å². The number of hydrogen-bond donors (Lipinski definition) is 1. The first-order chi connectivity index (χ1) is 11.1. The minimum Gasteiger partial charge on any atom is -0.361 e. The Balaban J connectivity index is 1.46. The lowest BCUT2D eigenvalue weighted by molar-refractivity contribution is 0.0769. The van der Waals surface area contributed by atoms with Crippen LogP contribution in [0.5, 0.6) is 0 Å². The third-order valence-electron chi connectivity index (χ3n) is 7.01. The smallest absolute Gasteiger partial charge is 0.256 e. The van der Waals surface area contributed by atoms with E-state index < -0.39 is 0 Å². The third-order valence-corrected chi connectivity index (χ3v) is 7.01. The monoisotopic (exact) mass is 312 g/mol. The van der Waals surface area contributed by atoms with Gasteiger partial charge in [0, 0.05) is 30.9 Å². The fourth-order valence-corrected chi connectivity index (χ4v) is 6.01. The Labute approximate surface area is 136 Å². The molecule has 2 bridgehead atoms. The zero-order valence-corrected chi connectivity index (χ0v) is 13.7. The normalized spacial score (nSPS) is 34.8. The first-order valence-electron chi connectivity index (χ1n) is 9.17. The number of fused-ring (bicyclic) bond motifs is 6. The van der Waals surface area contributed by atoms with Gasteiger partial charge in [0.2, 0.25) is 0 Å². The molecule has 2 heterocycles. The van der Waals surface area contributed by atoms with Crippen LogP contribution in [0.2, 0.25) is 0 Å². The summed E-state index contributed by atoms with van der Waals surface area (Å²) in [6.07, 6.45) is 6.51. The van der Waals surface area contributed by atoms with E-state index in [0.29, 0.717) is 17.5 Å². The van der Waals surface area contributed by atoms with Gasteiger partial charge in [-0.05, 0) is 62.7 Å². The molecule has 1 saturated heterocycles. The number of aryl methyl sites for hydroxylation is 2. The number of aromatic amines is 1. The molecule has 0 radical (unpaired) electrons. The number of rotatable bonds is 1. The molecule has 4 nitrogen and oxygen atoms in total. The maximum atomic E-state index is 13.2. The van der Waals surface area contributed by atoms with Crippen molar-refractivity contribution in [3.63, 3.8) is 0 Å². The molecular formula is C19H24N2O2. The summed E-state index contributed by atoms with van der Waals surface area (Å²) in [6, 6.07) is 0. The molecule has 23 heavy (non-hydrogen) atoms. The first kappa shape index (κ1) is 13.8. The number of ketones is 1. The molecule has 5 rings (SSSR count). The molecule has 4 atom stereocenters. The van der Waals surface area contributed by atoms with E-state index in [4.69, 9.17) is 0 Å². The Morgan fingerprint density at radius 3 is 2.52 bits per heavy atom. The molecule has 1 aromatic rings. The van der Waals surface area contributed by atoms with E-state index in [1.165, 1.54) is 19.3 Å². The Morgan fingerprint density at radius 2 is 1.83 bits per heavy atom. The number of nitrogens with zero attached hydrogens (tertiary/aromatic N) is 1. The molecule has 122 valence electrons. The summed E-state index contributed by atoms with van der Waals surface area (Å²) in [5, 5.41) is 0. The molecule has 1 amide bonds. The minimum absolute atomic E-state index is 0.101. The number of likely N-dealkylation sites (tertiary alicyclic amines) is 1. The van der Waals surface area contributed by atoms with Crippen molar-refractivity contribution in [2.24, 2.45) is 23.7 Å². The van der Waals surface area contributed by atoms with Crippen molar-refractivity contribution in [2.75, 3.05) is 13.1 Å². The van der Waals surface area contributed by atoms with Crippen LogP contribution in [0.3, 0.4) is 0 Å². The van der Waals surface area contributed by atoms with Gasteiger partial charge in [0.1, 0.15) is 0 Å². The second-order valence-corrected chi connectivity index (χ2v) is 8.13. The van der Waals surface area contributed by atoms with Gasteiger partial charge in [-0.15, -0.1) is 0 Å². The number of carbonyl (C=O) groups is 2. The van der Waals surface area contributed by atoms with Gasteiger partial charge < -0.3 is 9.88 Å². The predicted molar refractivity (Wildman–Crippen MR) is 86.5 cm³/mol. The van der Waals surface area contributed by atoms with Gasteiger partial charge in [-0.1, -0.05) is 0 Å². The van der Waals surface area contributed by atoms with Crippen molar-refractivity contribution >= 4 is 11.7 Å². The predicted octanol–water partition coefficient (Wildman–Crippen LogP) is 2.96. The summed E-state index contributed by atoms with van der Waals surface area (Å²) in [4.78, 5) is 30.9. The van der Waals surface area contributed by atoms with Crippen LogP contribution in [0, 0.1) is 30.6 Å². The van der Waals surface area contributed by atoms with E-state index >= 15 is 0 Å². The van der Waals surface area contributed by atoms with Gasteiger partial charge in [-0.3, -0.25) is 9.59 Å². The molecule has 4 heteroatoms. The summed E-state index contributed by atoms with van der Waals surface area (Å²) < 4.78 is 0. The van der Waals surface area contributed by atoms with Gasteiger partial charge in [0.25, 0.3) is 5.91 Å². The van der Waals surface area contributed by atoms with E-state index in [1.54, 1.807) is 0 Å². The Hall–Kier alpha value is -1.58. The van der Waals surface area contributed by atoms with Crippen LogP contribution in [0.4, 0.5) is 0 Å². The van der Waals surface area contributed by atoms with Crippen molar-refractivity contribution in [3.8, 4) is 0 Å². The average molecular weight is 312 g/mol. The lowest BCUT2D eigenvalue weighted by atomic mass is 9.82. The molecule has 1 aliphatic heterocycles. The highest BCUT2D eigenvalue weighted by molar-refractivity contribution is 6.10. The summed E-state index contributed by atoms with van der Waals surface area (Å²) in [5.41, 5.74) is 3.26. The topological polar surface area (TPSA) is 53.2 Å². The Kier molecular flexibility index (Phi) is 2.83. The van der Waals surface area contributed by atoms with Crippen LogP contribution < -0.4 is 0 Å². The largest absolute Gasteiger partial charge is 0.361 e. The maximum absolute atomic E-state index is 13.2. The van der Waals surface area contributed by atoms with E-state index in [-0.39, 0.29) is 11.7 Å². The van der Waals surface area contributed by atoms with Crippen molar-refractivity contribution in [2.45, 2.75) is 45.4 Å². The molecule has 4 unspecified atom stereocenters. The molecule has 4 aliphatic rings. The van der Waals surface area contributed by atoms with Gasteiger partial charge in [-0.2, -0.15) is 0 Å².